The third-order valence-electron chi connectivity index (χ3n) is 1.75. The number of aromatic carboxylic acids is 1. The highest BCUT2D eigenvalue weighted by atomic mass is 16.4. The molecule has 0 atom stereocenters. The monoisotopic (exact) mass is 209 g/mol. The van der Waals surface area contributed by atoms with E-state index in [0.29, 0.717) is 5.69 Å². The smallest absolute Gasteiger partial charge is 0.337 e. The number of carboxylic acids is 1. The summed E-state index contributed by atoms with van der Waals surface area (Å²) >= 11 is 0. The van der Waals surface area contributed by atoms with E-state index in [1.165, 1.54) is 12.1 Å². The molecule has 0 heterocycles. The number of nitrogens with one attached hydrogen (secondary N) is 1. The SMILES string of the molecule is NC(=O)CNc1ccc(N)c(C(=O)O)c1. The molecule has 1 aromatic carbocycles. The van der Waals surface area contributed by atoms with Gasteiger partial charge >= 0.3 is 5.97 Å². The summed E-state index contributed by atoms with van der Waals surface area (Å²) in [7, 11) is 0. The summed E-state index contributed by atoms with van der Waals surface area (Å²) in [6, 6.07) is 4.37. The first-order valence-electron chi connectivity index (χ1n) is 4.15. The number of hydrogen-bond acceptors (Lipinski definition) is 4. The van der Waals surface area contributed by atoms with E-state index >= 15 is 0 Å². The van der Waals surface area contributed by atoms with Crippen LogP contribution in [0.4, 0.5) is 11.4 Å². The predicted octanol–water partition coefficient (Wildman–Crippen LogP) is -0.136. The molecule has 0 unspecified atom stereocenters. The number of benzene rings is 1. The molecule has 6 nitrogen and oxygen atoms in total. The molecule has 0 saturated carbocycles. The van der Waals surface area contributed by atoms with Gasteiger partial charge in [0.2, 0.25) is 5.91 Å². The third kappa shape index (κ3) is 2.87. The van der Waals surface area contributed by atoms with Crippen molar-refractivity contribution in [2.24, 2.45) is 5.73 Å². The lowest BCUT2D eigenvalue weighted by Crippen LogP contribution is -2.21. The Morgan fingerprint density at radius 2 is 2.07 bits per heavy atom. The molecule has 0 radical (unpaired) electrons. The predicted molar refractivity (Wildman–Crippen MR) is 55.5 cm³/mol. The summed E-state index contributed by atoms with van der Waals surface area (Å²) in [4.78, 5) is 21.2. The number of carboxylic acid groups (broad SMARTS) is 1. The van der Waals surface area contributed by atoms with Crippen molar-refractivity contribution in [1.29, 1.82) is 0 Å². The van der Waals surface area contributed by atoms with Gasteiger partial charge in [-0.25, -0.2) is 4.79 Å². The lowest BCUT2D eigenvalue weighted by molar-refractivity contribution is -0.116. The van der Waals surface area contributed by atoms with Crippen LogP contribution in [-0.4, -0.2) is 23.5 Å². The van der Waals surface area contributed by atoms with Crippen molar-refractivity contribution in [3.05, 3.63) is 23.8 Å². The Morgan fingerprint density at radius 1 is 1.40 bits per heavy atom. The Kier molecular flexibility index (Phi) is 3.12. The summed E-state index contributed by atoms with van der Waals surface area (Å²) in [6.45, 7) is -0.0526. The van der Waals surface area contributed by atoms with Crippen LogP contribution in [0.2, 0.25) is 0 Å². The highest BCUT2D eigenvalue weighted by Crippen LogP contribution is 2.17. The van der Waals surface area contributed by atoms with Gasteiger partial charge in [-0.2, -0.15) is 0 Å². The van der Waals surface area contributed by atoms with Gasteiger partial charge in [0.05, 0.1) is 12.1 Å². The van der Waals surface area contributed by atoms with Crippen LogP contribution in [0.1, 0.15) is 10.4 Å². The summed E-state index contributed by atoms with van der Waals surface area (Å²) in [5.74, 6) is -1.64. The molecule has 0 aliphatic heterocycles. The summed E-state index contributed by atoms with van der Waals surface area (Å²) in [5.41, 5.74) is 11.0. The van der Waals surface area contributed by atoms with E-state index in [9.17, 15) is 9.59 Å². The zero-order valence-corrected chi connectivity index (χ0v) is 7.86. The van der Waals surface area contributed by atoms with Crippen LogP contribution in [0.15, 0.2) is 18.2 Å². The maximum Gasteiger partial charge on any atom is 0.337 e. The Labute approximate surface area is 85.9 Å². The molecule has 1 amide bonds. The van der Waals surface area contributed by atoms with Gasteiger partial charge < -0.3 is 21.9 Å². The second-order valence-corrected chi connectivity index (χ2v) is 2.93. The van der Waals surface area contributed by atoms with Crippen LogP contribution in [0, 0.1) is 0 Å². The molecule has 1 aromatic rings. The van der Waals surface area contributed by atoms with Crippen molar-refractivity contribution >= 4 is 23.3 Å². The first kappa shape index (κ1) is 10.8. The molecular formula is C9H11N3O3. The molecule has 6 heteroatoms. The zero-order chi connectivity index (χ0) is 11.4. The molecule has 0 fully saturated rings. The second-order valence-electron chi connectivity index (χ2n) is 2.93. The molecule has 0 bridgehead atoms. The Hall–Kier alpha value is -2.24. The quantitative estimate of drug-likeness (QED) is 0.515. The van der Waals surface area contributed by atoms with Gasteiger partial charge in [-0.1, -0.05) is 0 Å². The molecule has 1 rings (SSSR count). The van der Waals surface area contributed by atoms with E-state index in [-0.39, 0.29) is 17.8 Å². The van der Waals surface area contributed by atoms with E-state index in [1.807, 2.05) is 0 Å². The molecule has 0 aliphatic rings. The number of amides is 1. The van der Waals surface area contributed by atoms with Crippen molar-refractivity contribution in [3.63, 3.8) is 0 Å². The fraction of sp³-hybridized carbons (Fsp3) is 0.111. The van der Waals surface area contributed by atoms with E-state index in [1.54, 1.807) is 6.07 Å². The maximum atomic E-state index is 10.7. The van der Waals surface area contributed by atoms with Gasteiger partial charge in [-0.3, -0.25) is 4.79 Å². The first-order valence-corrected chi connectivity index (χ1v) is 4.15. The van der Waals surface area contributed by atoms with Crippen LogP contribution in [0.5, 0.6) is 0 Å². The van der Waals surface area contributed by atoms with Gasteiger partial charge in [0, 0.05) is 11.4 Å². The molecule has 0 aliphatic carbocycles. The average molecular weight is 209 g/mol. The number of anilines is 2. The van der Waals surface area contributed by atoms with Gasteiger partial charge in [0.25, 0.3) is 0 Å². The van der Waals surface area contributed by atoms with E-state index in [0.717, 1.165) is 0 Å². The van der Waals surface area contributed by atoms with Gasteiger partial charge in [-0.05, 0) is 18.2 Å². The molecule has 6 N–H and O–H groups in total. The Bertz CT molecular complexity index is 404. The molecule has 0 spiro atoms. The van der Waals surface area contributed by atoms with Crippen molar-refractivity contribution in [2.45, 2.75) is 0 Å². The molecule has 0 saturated heterocycles. The van der Waals surface area contributed by atoms with Crippen LogP contribution >= 0.6 is 0 Å². The molecular weight excluding hydrogens is 198 g/mol. The molecule has 0 aromatic heterocycles. The minimum absolute atomic E-state index is 0.00975. The maximum absolute atomic E-state index is 10.7. The highest BCUT2D eigenvalue weighted by Gasteiger charge is 2.08. The van der Waals surface area contributed by atoms with E-state index < -0.39 is 11.9 Å². The fourth-order valence-corrected chi connectivity index (χ4v) is 1.04. The number of rotatable bonds is 4. The van der Waals surface area contributed by atoms with Crippen molar-refractivity contribution in [1.82, 2.24) is 0 Å². The van der Waals surface area contributed by atoms with Crippen LogP contribution < -0.4 is 16.8 Å². The normalized spacial score (nSPS) is 9.60. The van der Waals surface area contributed by atoms with Crippen LogP contribution in [0.3, 0.4) is 0 Å². The van der Waals surface area contributed by atoms with E-state index in [4.69, 9.17) is 16.6 Å². The standard InChI is InChI=1S/C9H11N3O3/c10-7-2-1-5(12-4-8(11)13)3-6(7)9(14)15/h1-3,12H,4,10H2,(H2,11,13)(H,14,15). The average Bonchev–Trinajstić information content (AvgIpc) is 2.16. The van der Waals surface area contributed by atoms with Gasteiger partial charge in [0.1, 0.15) is 0 Å². The zero-order valence-electron chi connectivity index (χ0n) is 7.86. The van der Waals surface area contributed by atoms with Crippen molar-refractivity contribution in [3.8, 4) is 0 Å². The molecule has 15 heavy (non-hydrogen) atoms. The van der Waals surface area contributed by atoms with Gasteiger partial charge in [-0.15, -0.1) is 0 Å². The fourth-order valence-electron chi connectivity index (χ4n) is 1.04. The van der Waals surface area contributed by atoms with Crippen LogP contribution in [-0.2, 0) is 4.79 Å². The number of primary amides is 1. The minimum Gasteiger partial charge on any atom is -0.478 e. The van der Waals surface area contributed by atoms with E-state index in [2.05, 4.69) is 5.32 Å². The number of carbonyl (C=O) groups excluding carboxylic acids is 1. The summed E-state index contributed by atoms with van der Waals surface area (Å²) in [5, 5.41) is 11.4. The number of nitrogen functional groups attached to an aromatic ring is 1. The topological polar surface area (TPSA) is 118 Å². The summed E-state index contributed by atoms with van der Waals surface area (Å²) < 4.78 is 0. The Balaban J connectivity index is 2.87. The van der Waals surface area contributed by atoms with Crippen LogP contribution in [0.25, 0.3) is 0 Å². The van der Waals surface area contributed by atoms with Crippen molar-refractivity contribution in [2.75, 3.05) is 17.6 Å². The lowest BCUT2D eigenvalue weighted by atomic mass is 10.1. The number of carbonyl (C=O) groups is 2. The first-order chi connectivity index (χ1) is 7.00. The number of hydrogen-bond donors (Lipinski definition) is 4. The number of nitrogens with two attached hydrogens (primary N) is 2. The molecule has 80 valence electrons. The third-order valence-corrected chi connectivity index (χ3v) is 1.75. The minimum atomic E-state index is -1.12. The van der Waals surface area contributed by atoms with Gasteiger partial charge in [0.15, 0.2) is 0 Å². The lowest BCUT2D eigenvalue weighted by Gasteiger charge is -2.06. The summed E-state index contributed by atoms with van der Waals surface area (Å²) in [6.07, 6.45) is 0. The van der Waals surface area contributed by atoms with Crippen molar-refractivity contribution < 1.29 is 14.7 Å². The largest absolute Gasteiger partial charge is 0.478 e. The Morgan fingerprint density at radius 3 is 2.60 bits per heavy atom. The highest BCUT2D eigenvalue weighted by molar-refractivity contribution is 5.95. The second kappa shape index (κ2) is 4.32.